The van der Waals surface area contributed by atoms with Crippen molar-refractivity contribution in [3.8, 4) is 0 Å². The molecular weight excluding hydrogens is 418 g/mol. The van der Waals surface area contributed by atoms with Gasteiger partial charge in [-0.15, -0.1) is 13.2 Å². The third kappa shape index (κ3) is 8.92. The fraction of sp³-hybridized carbons (Fsp3) is 0.577. The van der Waals surface area contributed by atoms with Crippen LogP contribution in [0.1, 0.15) is 47.1 Å². The zero-order valence-electron chi connectivity index (χ0n) is 21.3. The smallest absolute Gasteiger partial charge is 0.411 e. The third-order valence-electron chi connectivity index (χ3n) is 5.67. The third-order valence-corrected chi connectivity index (χ3v) is 10.2. The van der Waals surface area contributed by atoms with Crippen LogP contribution < -0.4 is 0 Å². The number of hydrogen-bond acceptors (Lipinski definition) is 4. The number of hydrogen-bond donors (Lipinski definition) is 0. The monoisotopic (exact) mass is 461 g/mol. The minimum atomic E-state index is -2.06. The molecule has 0 unspecified atom stereocenters. The summed E-state index contributed by atoms with van der Waals surface area (Å²) in [7, 11) is -2.06. The van der Waals surface area contributed by atoms with Gasteiger partial charge in [0.25, 0.3) is 0 Å². The number of benzene rings is 1. The van der Waals surface area contributed by atoms with Crippen LogP contribution in [-0.4, -0.2) is 50.2 Å². The molecule has 0 heterocycles. The van der Waals surface area contributed by atoms with Gasteiger partial charge in [-0.05, 0) is 44.5 Å². The summed E-state index contributed by atoms with van der Waals surface area (Å²) < 4.78 is 18.5. The summed E-state index contributed by atoms with van der Waals surface area (Å²) in [6.07, 6.45) is 2.58. The number of carbonyl (C=O) groups is 1. The maximum atomic E-state index is 13.1. The SMILES string of the molecule is C=CCN(C(=O)OC(C)(C)C)[C@@H](CO[Si](C)(C)C(C)(C)C)[C@@H](C=C)OCc1ccccc1. The Hall–Kier alpha value is -1.89. The Morgan fingerprint density at radius 1 is 1.09 bits per heavy atom. The minimum absolute atomic E-state index is 0.0430. The summed E-state index contributed by atoms with van der Waals surface area (Å²) in [5, 5.41) is 0.0430. The van der Waals surface area contributed by atoms with Crippen molar-refractivity contribution in [3.05, 3.63) is 61.2 Å². The molecule has 0 aliphatic rings. The molecule has 5 nitrogen and oxygen atoms in total. The fourth-order valence-corrected chi connectivity index (χ4v) is 3.80. The van der Waals surface area contributed by atoms with Crippen molar-refractivity contribution in [1.82, 2.24) is 4.90 Å². The molecule has 0 spiro atoms. The van der Waals surface area contributed by atoms with E-state index in [1.54, 1.807) is 17.1 Å². The van der Waals surface area contributed by atoms with Gasteiger partial charge < -0.3 is 13.9 Å². The Kier molecular flexibility index (Phi) is 10.4. The highest BCUT2D eigenvalue weighted by Crippen LogP contribution is 2.37. The van der Waals surface area contributed by atoms with Crippen LogP contribution in [0.25, 0.3) is 0 Å². The van der Waals surface area contributed by atoms with E-state index in [1.165, 1.54) is 0 Å². The van der Waals surface area contributed by atoms with Gasteiger partial charge in [-0.3, -0.25) is 4.90 Å². The summed E-state index contributed by atoms with van der Waals surface area (Å²) in [5.41, 5.74) is 0.437. The van der Waals surface area contributed by atoms with Gasteiger partial charge in [0, 0.05) is 6.54 Å². The van der Waals surface area contributed by atoms with E-state index in [9.17, 15) is 4.79 Å². The molecule has 0 aliphatic carbocycles. The van der Waals surface area contributed by atoms with Gasteiger partial charge in [-0.25, -0.2) is 4.79 Å². The van der Waals surface area contributed by atoms with Crippen LogP contribution >= 0.6 is 0 Å². The first-order valence-corrected chi connectivity index (χ1v) is 14.1. The summed E-state index contributed by atoms with van der Waals surface area (Å²) in [6.45, 7) is 25.4. The van der Waals surface area contributed by atoms with Crippen molar-refractivity contribution in [2.75, 3.05) is 13.2 Å². The van der Waals surface area contributed by atoms with Crippen molar-refractivity contribution in [1.29, 1.82) is 0 Å². The van der Waals surface area contributed by atoms with E-state index < -0.39 is 32.2 Å². The summed E-state index contributed by atoms with van der Waals surface area (Å²) >= 11 is 0. The molecule has 0 fully saturated rings. The standard InChI is InChI=1S/C26H43NO4Si/c1-11-18-27(24(28)31-25(3,4)5)22(20-30-32(9,10)26(6,7)8)23(12-2)29-19-21-16-14-13-15-17-21/h11-17,22-23H,1-2,18-20H2,3-10H3/t22-,23+/m0/s1. The second-order valence-electron chi connectivity index (χ2n) is 10.6. The normalized spacial score (nSPS) is 14.4. The molecule has 2 atom stereocenters. The topological polar surface area (TPSA) is 48.0 Å². The molecule has 0 bridgehead atoms. The largest absolute Gasteiger partial charge is 0.444 e. The molecule has 32 heavy (non-hydrogen) atoms. The molecule has 1 aromatic rings. The van der Waals surface area contributed by atoms with Crippen molar-refractivity contribution in [2.45, 2.75) is 84.0 Å². The minimum Gasteiger partial charge on any atom is -0.444 e. The van der Waals surface area contributed by atoms with E-state index >= 15 is 0 Å². The molecular formula is C26H43NO4Si. The molecule has 0 saturated carbocycles. The molecule has 0 N–H and O–H groups in total. The van der Waals surface area contributed by atoms with Gasteiger partial charge in [0.15, 0.2) is 8.32 Å². The van der Waals surface area contributed by atoms with Crippen LogP contribution in [0, 0.1) is 0 Å². The van der Waals surface area contributed by atoms with Crippen LogP contribution in [0.3, 0.4) is 0 Å². The fourth-order valence-electron chi connectivity index (χ4n) is 2.78. The lowest BCUT2D eigenvalue weighted by Gasteiger charge is -2.41. The Morgan fingerprint density at radius 3 is 2.16 bits per heavy atom. The van der Waals surface area contributed by atoms with Crippen molar-refractivity contribution in [3.63, 3.8) is 0 Å². The predicted octanol–water partition coefficient (Wildman–Crippen LogP) is 6.57. The Morgan fingerprint density at radius 2 is 1.69 bits per heavy atom. The molecule has 0 aromatic heterocycles. The summed E-state index contributed by atoms with van der Waals surface area (Å²) in [5.74, 6) is 0. The lowest BCUT2D eigenvalue weighted by atomic mass is 10.1. The van der Waals surface area contributed by atoms with Gasteiger partial charge >= 0.3 is 6.09 Å². The van der Waals surface area contributed by atoms with E-state index in [1.807, 2.05) is 51.1 Å². The highest BCUT2D eigenvalue weighted by atomic mass is 28.4. The first-order valence-electron chi connectivity index (χ1n) is 11.2. The average Bonchev–Trinajstić information content (AvgIpc) is 2.67. The van der Waals surface area contributed by atoms with Crippen LogP contribution in [0.5, 0.6) is 0 Å². The van der Waals surface area contributed by atoms with E-state index in [0.717, 1.165) is 5.56 Å². The molecule has 0 radical (unpaired) electrons. The molecule has 0 aliphatic heterocycles. The number of carbonyl (C=O) groups excluding carboxylic acids is 1. The number of ether oxygens (including phenoxy) is 2. The second-order valence-corrected chi connectivity index (χ2v) is 15.4. The lowest BCUT2D eigenvalue weighted by molar-refractivity contribution is -0.0293. The van der Waals surface area contributed by atoms with Gasteiger partial charge in [-0.1, -0.05) is 63.3 Å². The van der Waals surface area contributed by atoms with E-state index in [0.29, 0.717) is 19.8 Å². The van der Waals surface area contributed by atoms with Crippen LogP contribution in [0.15, 0.2) is 55.6 Å². The quantitative estimate of drug-likeness (QED) is 0.276. The summed E-state index contributed by atoms with van der Waals surface area (Å²) in [4.78, 5) is 14.8. The number of amides is 1. The van der Waals surface area contributed by atoms with Crippen LogP contribution in [-0.2, 0) is 20.5 Å². The number of nitrogens with zero attached hydrogens (tertiary/aromatic N) is 1. The lowest BCUT2D eigenvalue weighted by Crippen LogP contribution is -2.53. The maximum Gasteiger partial charge on any atom is 0.411 e. The average molecular weight is 462 g/mol. The molecule has 6 heteroatoms. The molecule has 0 saturated heterocycles. The van der Waals surface area contributed by atoms with Crippen molar-refractivity contribution >= 4 is 14.4 Å². The second kappa shape index (κ2) is 11.8. The van der Waals surface area contributed by atoms with E-state index in [2.05, 4.69) is 47.0 Å². The van der Waals surface area contributed by atoms with Gasteiger partial charge in [0.1, 0.15) is 5.60 Å². The molecule has 1 amide bonds. The van der Waals surface area contributed by atoms with Crippen LogP contribution in [0.4, 0.5) is 4.79 Å². The Balaban J connectivity index is 3.21. The maximum absolute atomic E-state index is 13.1. The highest BCUT2D eigenvalue weighted by molar-refractivity contribution is 6.74. The zero-order valence-corrected chi connectivity index (χ0v) is 22.3. The van der Waals surface area contributed by atoms with Gasteiger partial charge in [0.05, 0.1) is 25.4 Å². The van der Waals surface area contributed by atoms with Crippen molar-refractivity contribution in [2.24, 2.45) is 0 Å². The van der Waals surface area contributed by atoms with Crippen molar-refractivity contribution < 1.29 is 18.7 Å². The predicted molar refractivity (Wildman–Crippen MR) is 135 cm³/mol. The first-order chi connectivity index (χ1) is 14.7. The van der Waals surface area contributed by atoms with Crippen LogP contribution in [0.2, 0.25) is 18.1 Å². The zero-order chi connectivity index (χ0) is 24.6. The Bertz CT molecular complexity index is 734. The Labute approximate surface area is 196 Å². The molecule has 180 valence electrons. The van der Waals surface area contributed by atoms with Gasteiger partial charge in [0.2, 0.25) is 0 Å². The summed E-state index contributed by atoms with van der Waals surface area (Å²) in [6, 6.07) is 9.54. The number of rotatable bonds is 11. The van der Waals surface area contributed by atoms with Gasteiger partial charge in [-0.2, -0.15) is 0 Å². The van der Waals surface area contributed by atoms with E-state index in [-0.39, 0.29) is 5.04 Å². The molecule has 1 rings (SSSR count). The van der Waals surface area contributed by atoms with E-state index in [4.69, 9.17) is 13.9 Å². The molecule has 1 aromatic carbocycles. The first kappa shape index (κ1) is 28.1. The highest BCUT2D eigenvalue weighted by Gasteiger charge is 2.40.